The van der Waals surface area contributed by atoms with E-state index in [4.69, 9.17) is 4.74 Å². The molecule has 4 nitrogen and oxygen atoms in total. The second kappa shape index (κ2) is 6.04. The maximum atomic E-state index is 12.1. The van der Waals surface area contributed by atoms with Crippen molar-refractivity contribution in [2.24, 2.45) is 5.41 Å². The molecule has 0 saturated heterocycles. The smallest absolute Gasteiger partial charge is 0.333 e. The number of allylic oxidation sites excluding steroid dienone is 3. The van der Waals surface area contributed by atoms with Gasteiger partial charge in [0.05, 0.1) is 12.9 Å². The van der Waals surface area contributed by atoms with Crippen molar-refractivity contribution in [3.8, 4) is 0 Å². The number of rotatable bonds is 4. The van der Waals surface area contributed by atoms with Crippen LogP contribution in [0.4, 0.5) is 0 Å². The Morgan fingerprint density at radius 1 is 1.42 bits per heavy atom. The van der Waals surface area contributed by atoms with Gasteiger partial charge in [-0.05, 0) is 11.8 Å². The molecule has 1 rings (SSSR count). The molecule has 0 fully saturated rings. The molecule has 0 spiro atoms. The van der Waals surface area contributed by atoms with Crippen LogP contribution >= 0.6 is 0 Å². The number of hydrogen-bond donors (Lipinski definition) is 1. The predicted molar refractivity (Wildman–Crippen MR) is 72.7 cm³/mol. The summed E-state index contributed by atoms with van der Waals surface area (Å²) in [6, 6.07) is 0. The molecule has 0 unspecified atom stereocenters. The fraction of sp³-hybridized carbons (Fsp3) is 0.600. The van der Waals surface area contributed by atoms with Gasteiger partial charge in [-0.3, -0.25) is 4.79 Å². The van der Waals surface area contributed by atoms with Crippen molar-refractivity contribution in [2.75, 3.05) is 7.11 Å². The number of esters is 1. The minimum absolute atomic E-state index is 0.0837. The normalized spacial score (nSPS) is 19.6. The molecule has 0 heterocycles. The summed E-state index contributed by atoms with van der Waals surface area (Å²) < 4.78 is 4.70. The van der Waals surface area contributed by atoms with Crippen LogP contribution in [0.5, 0.6) is 0 Å². The number of ketones is 1. The van der Waals surface area contributed by atoms with Gasteiger partial charge >= 0.3 is 5.97 Å². The Labute approximate surface area is 114 Å². The van der Waals surface area contributed by atoms with Gasteiger partial charge in [-0.2, -0.15) is 0 Å². The number of Topliss-reactive ketones (excluding diaryl/α,β-unsaturated/α-hetero) is 1. The van der Waals surface area contributed by atoms with Gasteiger partial charge in [-0.15, -0.1) is 0 Å². The zero-order valence-corrected chi connectivity index (χ0v) is 12.1. The molecule has 106 valence electrons. The van der Waals surface area contributed by atoms with Crippen LogP contribution in [0, 0.1) is 5.41 Å². The Morgan fingerprint density at radius 3 is 2.53 bits per heavy atom. The fourth-order valence-corrected chi connectivity index (χ4v) is 2.32. The zero-order valence-electron chi connectivity index (χ0n) is 12.1. The van der Waals surface area contributed by atoms with Gasteiger partial charge in [0.25, 0.3) is 0 Å². The molecule has 0 saturated carbocycles. The minimum Gasteiger partial charge on any atom is -0.512 e. The van der Waals surface area contributed by atoms with E-state index in [9.17, 15) is 14.7 Å². The third-order valence-electron chi connectivity index (χ3n) is 3.24. The average molecular weight is 266 g/mol. The van der Waals surface area contributed by atoms with E-state index in [0.717, 1.165) is 0 Å². The van der Waals surface area contributed by atoms with E-state index in [1.807, 2.05) is 20.8 Å². The highest BCUT2D eigenvalue weighted by Gasteiger charge is 2.33. The first-order valence-corrected chi connectivity index (χ1v) is 6.52. The summed E-state index contributed by atoms with van der Waals surface area (Å²) in [5, 5.41) is 10.0. The van der Waals surface area contributed by atoms with Crippen molar-refractivity contribution in [3.05, 3.63) is 23.0 Å². The first-order valence-electron chi connectivity index (χ1n) is 6.52. The molecule has 0 aromatic heterocycles. The monoisotopic (exact) mass is 266 g/mol. The van der Waals surface area contributed by atoms with Crippen LogP contribution < -0.4 is 0 Å². The molecule has 4 heteroatoms. The van der Waals surface area contributed by atoms with Crippen LogP contribution in [-0.4, -0.2) is 24.0 Å². The highest BCUT2D eigenvalue weighted by atomic mass is 16.5. The van der Waals surface area contributed by atoms with Crippen LogP contribution in [0.15, 0.2) is 23.0 Å². The van der Waals surface area contributed by atoms with Crippen LogP contribution in [0.2, 0.25) is 0 Å². The summed E-state index contributed by atoms with van der Waals surface area (Å²) >= 11 is 0. The SMILES string of the molecule is CC/C=C(\CC1=C(O)CC(C)(C)CC1=O)C(=O)OC. The van der Waals surface area contributed by atoms with Crippen LogP contribution in [0.3, 0.4) is 0 Å². The highest BCUT2D eigenvalue weighted by molar-refractivity contribution is 6.00. The summed E-state index contributed by atoms with van der Waals surface area (Å²) in [4.78, 5) is 23.7. The number of ether oxygens (including phenoxy) is 1. The molecule has 1 aliphatic carbocycles. The molecule has 0 radical (unpaired) electrons. The molecule has 0 aromatic carbocycles. The average Bonchev–Trinajstić information content (AvgIpc) is 2.30. The Kier molecular flexibility index (Phi) is 4.92. The van der Waals surface area contributed by atoms with Crippen molar-refractivity contribution in [1.82, 2.24) is 0 Å². The van der Waals surface area contributed by atoms with Crippen molar-refractivity contribution in [3.63, 3.8) is 0 Å². The lowest BCUT2D eigenvalue weighted by atomic mass is 9.75. The Bertz CT molecular complexity index is 441. The van der Waals surface area contributed by atoms with Gasteiger partial charge in [0, 0.05) is 30.4 Å². The maximum Gasteiger partial charge on any atom is 0.333 e. The standard InChI is InChI=1S/C15H22O4/c1-5-6-10(14(18)19-4)7-11-12(16)8-15(2,3)9-13(11)17/h6,16H,5,7-9H2,1-4H3/b10-6+. The van der Waals surface area contributed by atoms with Crippen molar-refractivity contribution >= 4 is 11.8 Å². The van der Waals surface area contributed by atoms with Crippen molar-refractivity contribution in [2.45, 2.75) is 46.5 Å². The molecular formula is C15H22O4. The lowest BCUT2D eigenvalue weighted by Crippen LogP contribution is -2.26. The fourth-order valence-electron chi connectivity index (χ4n) is 2.32. The van der Waals surface area contributed by atoms with Crippen LogP contribution in [0.1, 0.15) is 46.5 Å². The third-order valence-corrected chi connectivity index (χ3v) is 3.24. The molecule has 0 atom stereocenters. The molecule has 0 aliphatic heterocycles. The highest BCUT2D eigenvalue weighted by Crippen LogP contribution is 2.37. The lowest BCUT2D eigenvalue weighted by Gasteiger charge is -2.29. The summed E-state index contributed by atoms with van der Waals surface area (Å²) in [7, 11) is 1.31. The van der Waals surface area contributed by atoms with Crippen molar-refractivity contribution < 1.29 is 19.4 Å². The predicted octanol–water partition coefficient (Wildman–Crippen LogP) is 3.09. The topological polar surface area (TPSA) is 63.6 Å². The number of aliphatic hydroxyl groups is 1. The molecule has 1 N–H and O–H groups in total. The maximum absolute atomic E-state index is 12.1. The second-order valence-electron chi connectivity index (χ2n) is 5.67. The number of methoxy groups -OCH3 is 1. The van der Waals surface area contributed by atoms with E-state index in [0.29, 0.717) is 30.4 Å². The summed E-state index contributed by atoms with van der Waals surface area (Å²) in [6.45, 7) is 5.80. The Balaban J connectivity index is 3.00. The largest absolute Gasteiger partial charge is 0.512 e. The van der Waals surface area contributed by atoms with Crippen molar-refractivity contribution in [1.29, 1.82) is 0 Å². The van der Waals surface area contributed by atoms with E-state index in [-0.39, 0.29) is 23.4 Å². The summed E-state index contributed by atoms with van der Waals surface area (Å²) in [6.07, 6.45) is 3.43. The first kappa shape index (κ1) is 15.5. The van der Waals surface area contributed by atoms with Crippen LogP contribution in [0.25, 0.3) is 0 Å². The van der Waals surface area contributed by atoms with Gasteiger partial charge in [0.2, 0.25) is 0 Å². The van der Waals surface area contributed by atoms with Gasteiger partial charge < -0.3 is 9.84 Å². The molecular weight excluding hydrogens is 244 g/mol. The van der Waals surface area contributed by atoms with E-state index in [1.54, 1.807) is 6.08 Å². The molecule has 0 amide bonds. The molecule has 0 bridgehead atoms. The van der Waals surface area contributed by atoms with Gasteiger partial charge in [-0.1, -0.05) is 26.8 Å². The number of carbonyl (C=O) groups is 2. The van der Waals surface area contributed by atoms with E-state index >= 15 is 0 Å². The number of aliphatic hydroxyl groups excluding tert-OH is 1. The Morgan fingerprint density at radius 2 is 2.05 bits per heavy atom. The Hall–Kier alpha value is -1.58. The zero-order chi connectivity index (χ0) is 14.6. The number of carbonyl (C=O) groups excluding carboxylic acids is 2. The second-order valence-corrected chi connectivity index (χ2v) is 5.67. The summed E-state index contributed by atoms with van der Waals surface area (Å²) in [5.41, 5.74) is 0.564. The molecule has 0 aromatic rings. The quantitative estimate of drug-likeness (QED) is 0.627. The van der Waals surface area contributed by atoms with Gasteiger partial charge in [0.15, 0.2) is 5.78 Å². The number of hydrogen-bond acceptors (Lipinski definition) is 4. The lowest BCUT2D eigenvalue weighted by molar-refractivity contribution is -0.136. The summed E-state index contributed by atoms with van der Waals surface area (Å²) in [5.74, 6) is -0.424. The van der Waals surface area contributed by atoms with E-state index < -0.39 is 5.97 Å². The third kappa shape index (κ3) is 3.94. The minimum atomic E-state index is -0.445. The van der Waals surface area contributed by atoms with Crippen LogP contribution in [-0.2, 0) is 14.3 Å². The van der Waals surface area contributed by atoms with E-state index in [1.165, 1.54) is 7.11 Å². The van der Waals surface area contributed by atoms with Gasteiger partial charge in [0.1, 0.15) is 0 Å². The molecule has 19 heavy (non-hydrogen) atoms. The van der Waals surface area contributed by atoms with Gasteiger partial charge in [-0.25, -0.2) is 4.79 Å². The molecule has 1 aliphatic rings. The van der Waals surface area contributed by atoms with E-state index in [2.05, 4.69) is 0 Å². The first-order chi connectivity index (χ1) is 8.80.